The number of likely N-dealkylation sites (tertiary alicyclic amines) is 1. The van der Waals surface area contributed by atoms with Crippen molar-refractivity contribution in [2.45, 2.75) is 19.3 Å². The molecule has 1 saturated heterocycles. The van der Waals surface area contributed by atoms with Crippen LogP contribution >= 0.6 is 0 Å². The van der Waals surface area contributed by atoms with Gasteiger partial charge in [-0.25, -0.2) is 18.6 Å². The topological polar surface area (TPSA) is 97.0 Å². The molecule has 0 spiro atoms. The zero-order valence-corrected chi connectivity index (χ0v) is 16.3. The fourth-order valence-corrected chi connectivity index (χ4v) is 3.40. The lowest BCUT2D eigenvalue weighted by molar-refractivity contribution is 0.222. The van der Waals surface area contributed by atoms with Crippen molar-refractivity contribution in [1.29, 1.82) is 0 Å². The number of nitrogens with two attached hydrogens (primary N) is 1. The third kappa shape index (κ3) is 4.05. The van der Waals surface area contributed by atoms with Crippen LogP contribution in [0.15, 0.2) is 42.7 Å². The van der Waals surface area contributed by atoms with E-state index in [0.717, 1.165) is 29.9 Å². The van der Waals surface area contributed by atoms with Crippen LogP contribution in [0.2, 0.25) is 0 Å². The van der Waals surface area contributed by atoms with Crippen LogP contribution in [0, 0.1) is 18.6 Å². The molecule has 9 heteroatoms. The summed E-state index contributed by atoms with van der Waals surface area (Å²) in [6.45, 7) is 2.92. The molecule has 2 aromatic heterocycles. The van der Waals surface area contributed by atoms with Gasteiger partial charge in [0.25, 0.3) is 0 Å². The maximum atomic E-state index is 14.1. The van der Waals surface area contributed by atoms with Crippen LogP contribution in [0.25, 0.3) is 11.3 Å². The quantitative estimate of drug-likeness (QED) is 0.686. The first-order valence-electron chi connectivity index (χ1n) is 9.47. The van der Waals surface area contributed by atoms with Crippen molar-refractivity contribution in [1.82, 2.24) is 19.9 Å². The first-order chi connectivity index (χ1) is 14.4. The van der Waals surface area contributed by atoms with Crippen molar-refractivity contribution in [3.63, 3.8) is 0 Å². The predicted octanol–water partition coefficient (Wildman–Crippen LogP) is 3.73. The minimum Gasteiger partial charge on any atom is -0.396 e. The lowest BCUT2D eigenvalue weighted by Crippen LogP contribution is -2.33. The Morgan fingerprint density at radius 2 is 2.03 bits per heavy atom. The zero-order valence-electron chi connectivity index (χ0n) is 16.3. The maximum Gasteiger partial charge on any atom is 0.323 e. The number of amides is 2. The number of rotatable bonds is 3. The molecule has 3 heterocycles. The number of nitrogen functional groups attached to an aromatic ring is 1. The van der Waals surface area contributed by atoms with Gasteiger partial charge in [-0.05, 0) is 37.6 Å². The summed E-state index contributed by atoms with van der Waals surface area (Å²) in [6, 6.07) is 5.91. The molecule has 0 radical (unpaired) electrons. The number of carbonyl (C=O) groups excluding carboxylic acids is 1. The van der Waals surface area contributed by atoms with Gasteiger partial charge in [-0.2, -0.15) is 0 Å². The summed E-state index contributed by atoms with van der Waals surface area (Å²) < 4.78 is 27.3. The van der Waals surface area contributed by atoms with E-state index >= 15 is 0 Å². The summed E-state index contributed by atoms with van der Waals surface area (Å²) >= 11 is 0. The first-order valence-corrected chi connectivity index (χ1v) is 9.47. The van der Waals surface area contributed by atoms with Gasteiger partial charge in [-0.1, -0.05) is 0 Å². The van der Waals surface area contributed by atoms with Crippen LogP contribution < -0.4 is 11.1 Å². The third-order valence-corrected chi connectivity index (χ3v) is 5.05. The number of aryl methyl sites for hydroxylation is 1. The lowest BCUT2D eigenvalue weighted by Gasteiger charge is -2.18. The van der Waals surface area contributed by atoms with Crippen molar-refractivity contribution in [3.05, 3.63) is 65.7 Å². The molecular weight excluding hydrogens is 390 g/mol. The Bertz CT molecular complexity index is 1090. The molecule has 1 aromatic carbocycles. The fraction of sp³-hybridized carbons (Fsp3) is 0.238. The molecule has 1 fully saturated rings. The number of carbonyl (C=O) groups is 1. The first kappa shape index (κ1) is 19.7. The van der Waals surface area contributed by atoms with E-state index in [4.69, 9.17) is 5.73 Å². The predicted molar refractivity (Wildman–Crippen MR) is 109 cm³/mol. The maximum absolute atomic E-state index is 14.1. The van der Waals surface area contributed by atoms with E-state index in [1.54, 1.807) is 17.3 Å². The second-order valence-electron chi connectivity index (χ2n) is 7.20. The minimum absolute atomic E-state index is 0.105. The number of hydrogen-bond donors (Lipinski definition) is 2. The average Bonchev–Trinajstić information content (AvgIpc) is 3.21. The summed E-state index contributed by atoms with van der Waals surface area (Å²) in [5.74, 6) is -1.19. The van der Waals surface area contributed by atoms with E-state index in [2.05, 4.69) is 20.3 Å². The highest BCUT2D eigenvalue weighted by molar-refractivity contribution is 5.92. The van der Waals surface area contributed by atoms with Crippen molar-refractivity contribution in [2.24, 2.45) is 0 Å². The number of nitrogens with zero attached hydrogens (tertiary/aromatic N) is 4. The summed E-state index contributed by atoms with van der Waals surface area (Å²) in [4.78, 5) is 27.3. The number of urea groups is 1. The molecule has 30 heavy (non-hydrogen) atoms. The molecule has 1 atom stereocenters. The average molecular weight is 410 g/mol. The molecule has 7 nitrogen and oxygen atoms in total. The van der Waals surface area contributed by atoms with Gasteiger partial charge in [0, 0.05) is 43.0 Å². The van der Waals surface area contributed by atoms with Crippen molar-refractivity contribution >= 4 is 17.5 Å². The number of aromatic nitrogens is 3. The van der Waals surface area contributed by atoms with E-state index in [1.165, 1.54) is 18.2 Å². The van der Waals surface area contributed by atoms with Gasteiger partial charge < -0.3 is 10.6 Å². The smallest absolute Gasteiger partial charge is 0.323 e. The number of pyridine rings is 1. The molecule has 1 aliphatic heterocycles. The highest BCUT2D eigenvalue weighted by Crippen LogP contribution is 2.28. The Labute approximate surface area is 172 Å². The Kier molecular flexibility index (Phi) is 5.26. The number of anilines is 2. The Morgan fingerprint density at radius 3 is 2.77 bits per heavy atom. The van der Waals surface area contributed by atoms with Crippen molar-refractivity contribution in [3.8, 4) is 11.3 Å². The number of benzene rings is 1. The molecule has 154 valence electrons. The van der Waals surface area contributed by atoms with E-state index in [9.17, 15) is 13.6 Å². The van der Waals surface area contributed by atoms with Crippen LogP contribution in [0.3, 0.4) is 0 Å². The minimum atomic E-state index is -0.744. The summed E-state index contributed by atoms with van der Waals surface area (Å²) in [7, 11) is 0. The normalized spacial score (nSPS) is 16.0. The standard InChI is InChI=1S/C21H20F2N6O/c1-12-9-26-19(10-25-12)13-6-7-29(11-13)21(30)28-20-17(24)4-5-18(27-20)15-3-2-14(22)8-16(15)23/h2-5,8-10,13H,6-7,11,24H2,1H3,(H,27,28,30). The van der Waals surface area contributed by atoms with Gasteiger partial charge in [0.1, 0.15) is 11.6 Å². The summed E-state index contributed by atoms with van der Waals surface area (Å²) in [5, 5.41) is 2.69. The number of halogens is 2. The zero-order chi connectivity index (χ0) is 21.3. The molecule has 3 N–H and O–H groups in total. The van der Waals surface area contributed by atoms with Gasteiger partial charge >= 0.3 is 6.03 Å². The molecule has 3 aromatic rings. The summed E-state index contributed by atoms with van der Waals surface area (Å²) in [5.41, 5.74) is 8.23. The molecule has 4 rings (SSSR count). The molecule has 0 bridgehead atoms. The fourth-order valence-electron chi connectivity index (χ4n) is 3.40. The molecule has 1 unspecified atom stereocenters. The van der Waals surface area contributed by atoms with Gasteiger partial charge in [0.15, 0.2) is 5.82 Å². The van der Waals surface area contributed by atoms with Crippen LogP contribution in [0.5, 0.6) is 0 Å². The molecule has 1 aliphatic rings. The van der Waals surface area contributed by atoms with Crippen LogP contribution in [-0.4, -0.2) is 39.0 Å². The van der Waals surface area contributed by atoms with Crippen molar-refractivity contribution < 1.29 is 13.6 Å². The number of hydrogen-bond acceptors (Lipinski definition) is 5. The molecule has 0 saturated carbocycles. The van der Waals surface area contributed by atoms with Crippen molar-refractivity contribution in [2.75, 3.05) is 24.1 Å². The van der Waals surface area contributed by atoms with Gasteiger partial charge in [0.2, 0.25) is 0 Å². The Hall–Kier alpha value is -3.62. The van der Waals surface area contributed by atoms with Crippen LogP contribution in [0.4, 0.5) is 25.1 Å². The monoisotopic (exact) mass is 410 g/mol. The van der Waals surface area contributed by atoms with Crippen LogP contribution in [-0.2, 0) is 0 Å². The second kappa shape index (κ2) is 8.02. The third-order valence-electron chi connectivity index (χ3n) is 5.05. The van der Waals surface area contributed by atoms with Gasteiger partial charge in [-0.15, -0.1) is 0 Å². The van der Waals surface area contributed by atoms with E-state index in [1.807, 2.05) is 6.92 Å². The molecule has 2 amide bonds. The van der Waals surface area contributed by atoms with E-state index < -0.39 is 11.6 Å². The number of nitrogens with one attached hydrogen (secondary N) is 1. The van der Waals surface area contributed by atoms with E-state index in [-0.39, 0.29) is 34.7 Å². The molecule has 0 aliphatic carbocycles. The second-order valence-corrected chi connectivity index (χ2v) is 7.20. The largest absolute Gasteiger partial charge is 0.396 e. The van der Waals surface area contributed by atoms with E-state index in [0.29, 0.717) is 13.1 Å². The lowest BCUT2D eigenvalue weighted by atomic mass is 10.1. The van der Waals surface area contributed by atoms with Gasteiger partial charge in [-0.3, -0.25) is 15.3 Å². The summed E-state index contributed by atoms with van der Waals surface area (Å²) in [6.07, 6.45) is 4.22. The highest BCUT2D eigenvalue weighted by atomic mass is 19.1. The molecular formula is C21H20F2N6O. The van der Waals surface area contributed by atoms with Crippen LogP contribution in [0.1, 0.15) is 23.7 Å². The Balaban J connectivity index is 1.49. The SMILES string of the molecule is Cc1cnc(C2CCN(C(=O)Nc3nc(-c4ccc(F)cc4F)ccc3N)C2)cn1. The Morgan fingerprint density at radius 1 is 1.20 bits per heavy atom. The van der Waals surface area contributed by atoms with Gasteiger partial charge in [0.05, 0.1) is 22.8 Å². The highest BCUT2D eigenvalue weighted by Gasteiger charge is 2.29.